The van der Waals surface area contributed by atoms with Crippen LogP contribution in [0.3, 0.4) is 0 Å². The summed E-state index contributed by atoms with van der Waals surface area (Å²) in [6.07, 6.45) is 3.87. The highest BCUT2D eigenvalue weighted by Gasteiger charge is 2.01. The van der Waals surface area contributed by atoms with E-state index < -0.39 is 0 Å². The molecule has 0 aliphatic rings. The number of methoxy groups -OCH3 is 1. The Morgan fingerprint density at radius 2 is 2.00 bits per heavy atom. The van der Waals surface area contributed by atoms with Crippen LogP contribution in [-0.2, 0) is 6.54 Å². The van der Waals surface area contributed by atoms with Crippen LogP contribution in [0.5, 0.6) is 5.75 Å². The fraction of sp³-hybridized carbons (Fsp3) is 0.231. The number of aromatic nitrogens is 2. The van der Waals surface area contributed by atoms with Crippen LogP contribution in [-0.4, -0.2) is 16.9 Å². The smallest absolute Gasteiger partial charge is 0.118 e. The largest absolute Gasteiger partial charge is 0.497 e. The van der Waals surface area contributed by atoms with Crippen LogP contribution in [0.25, 0.3) is 0 Å². The third-order valence-electron chi connectivity index (χ3n) is 2.54. The van der Waals surface area contributed by atoms with Crippen LogP contribution in [0.15, 0.2) is 36.5 Å². The molecular weight excluding hydrogens is 200 g/mol. The Labute approximate surface area is 95.7 Å². The topological polar surface area (TPSA) is 27.1 Å². The van der Waals surface area contributed by atoms with Crippen molar-refractivity contribution in [3.8, 4) is 5.75 Å². The first kappa shape index (κ1) is 10.7. The van der Waals surface area contributed by atoms with Crippen LogP contribution in [0.2, 0.25) is 0 Å². The Hall–Kier alpha value is -1.77. The molecule has 3 nitrogen and oxygen atoms in total. The summed E-state index contributed by atoms with van der Waals surface area (Å²) in [5.74, 6) is 0.881. The summed E-state index contributed by atoms with van der Waals surface area (Å²) in [4.78, 5) is 0. The molecule has 0 aliphatic carbocycles. The zero-order valence-corrected chi connectivity index (χ0v) is 9.55. The minimum atomic E-state index is 0.788. The number of benzene rings is 1. The van der Waals surface area contributed by atoms with E-state index >= 15 is 0 Å². The fourth-order valence-electron chi connectivity index (χ4n) is 1.62. The molecule has 16 heavy (non-hydrogen) atoms. The van der Waals surface area contributed by atoms with Gasteiger partial charge in [0.2, 0.25) is 0 Å². The molecule has 1 aromatic carbocycles. The Balaban J connectivity index is 2.14. The van der Waals surface area contributed by atoms with Crippen molar-refractivity contribution in [2.75, 3.05) is 7.11 Å². The average Bonchev–Trinajstić information content (AvgIpc) is 2.77. The van der Waals surface area contributed by atoms with Gasteiger partial charge in [-0.15, -0.1) is 0 Å². The van der Waals surface area contributed by atoms with E-state index in [0.29, 0.717) is 0 Å². The molecular formula is C13H15N2O. The number of ether oxygens (including phenoxy) is 1. The van der Waals surface area contributed by atoms with Gasteiger partial charge in [-0.2, -0.15) is 5.10 Å². The van der Waals surface area contributed by atoms with E-state index in [-0.39, 0.29) is 0 Å². The van der Waals surface area contributed by atoms with E-state index in [0.717, 1.165) is 18.0 Å². The summed E-state index contributed by atoms with van der Waals surface area (Å²) in [6, 6.07) is 10.0. The fourth-order valence-corrected chi connectivity index (χ4v) is 1.62. The lowest BCUT2D eigenvalue weighted by atomic mass is 10.2. The number of nitrogens with zero attached hydrogens (tertiary/aromatic N) is 2. The van der Waals surface area contributed by atoms with Gasteiger partial charge in [-0.25, -0.2) is 0 Å². The second-order valence-corrected chi connectivity index (χ2v) is 3.55. The molecule has 0 spiro atoms. The van der Waals surface area contributed by atoms with E-state index in [4.69, 9.17) is 4.74 Å². The average molecular weight is 215 g/mol. The van der Waals surface area contributed by atoms with Crippen LogP contribution >= 0.6 is 0 Å². The summed E-state index contributed by atoms with van der Waals surface area (Å²) in [5.41, 5.74) is 2.35. The third-order valence-corrected chi connectivity index (χ3v) is 2.54. The highest BCUT2D eigenvalue weighted by atomic mass is 16.5. The molecule has 0 saturated carbocycles. The van der Waals surface area contributed by atoms with Crippen molar-refractivity contribution >= 4 is 0 Å². The van der Waals surface area contributed by atoms with Crippen molar-refractivity contribution in [3.63, 3.8) is 0 Å². The van der Waals surface area contributed by atoms with Crippen molar-refractivity contribution < 1.29 is 4.74 Å². The lowest BCUT2D eigenvalue weighted by Gasteiger charge is -2.06. The molecule has 1 heterocycles. The molecule has 0 unspecified atom stereocenters. The predicted octanol–water partition coefficient (Wildman–Crippen LogP) is 2.51. The second kappa shape index (κ2) is 4.84. The first-order chi connectivity index (χ1) is 7.83. The number of rotatable bonds is 4. The van der Waals surface area contributed by atoms with Crippen molar-refractivity contribution in [1.82, 2.24) is 9.78 Å². The van der Waals surface area contributed by atoms with Gasteiger partial charge in [0, 0.05) is 18.3 Å². The van der Waals surface area contributed by atoms with E-state index in [1.54, 1.807) is 7.11 Å². The summed E-state index contributed by atoms with van der Waals surface area (Å²) in [6.45, 7) is 2.80. The van der Waals surface area contributed by atoms with Crippen LogP contribution in [0, 0.1) is 6.42 Å². The quantitative estimate of drug-likeness (QED) is 0.783. The summed E-state index contributed by atoms with van der Waals surface area (Å²) < 4.78 is 7.09. The maximum Gasteiger partial charge on any atom is 0.118 e. The summed E-state index contributed by atoms with van der Waals surface area (Å²) in [7, 11) is 1.67. The van der Waals surface area contributed by atoms with Crippen LogP contribution < -0.4 is 4.74 Å². The SMILES string of the molecule is C[CH]c1ccnn1Cc1ccc(OC)cc1. The summed E-state index contributed by atoms with van der Waals surface area (Å²) in [5, 5.41) is 4.28. The molecule has 83 valence electrons. The molecule has 1 aromatic heterocycles. The van der Waals surface area contributed by atoms with E-state index in [1.165, 1.54) is 5.56 Å². The Bertz CT molecular complexity index is 445. The molecule has 0 amide bonds. The zero-order chi connectivity index (χ0) is 11.4. The Kier molecular flexibility index (Phi) is 3.25. The molecule has 2 aromatic rings. The molecule has 0 aliphatic heterocycles. The van der Waals surface area contributed by atoms with E-state index in [1.807, 2.05) is 36.0 Å². The Morgan fingerprint density at radius 1 is 1.25 bits per heavy atom. The molecule has 0 fully saturated rings. The molecule has 3 heteroatoms. The highest BCUT2D eigenvalue weighted by molar-refractivity contribution is 5.27. The molecule has 0 saturated heterocycles. The van der Waals surface area contributed by atoms with E-state index in [9.17, 15) is 0 Å². The van der Waals surface area contributed by atoms with Gasteiger partial charge in [0.1, 0.15) is 5.75 Å². The normalized spacial score (nSPS) is 10.4. The van der Waals surface area contributed by atoms with Crippen molar-refractivity contribution in [3.05, 3.63) is 54.2 Å². The maximum atomic E-state index is 5.12. The standard InChI is InChI=1S/C13H15N2O/c1-3-12-8-9-14-15(12)10-11-4-6-13(16-2)7-5-11/h3-9H,10H2,1-2H3. The van der Waals surface area contributed by atoms with E-state index in [2.05, 4.69) is 23.7 Å². The van der Waals surface area contributed by atoms with Crippen LogP contribution in [0.4, 0.5) is 0 Å². The first-order valence-corrected chi connectivity index (χ1v) is 5.27. The highest BCUT2D eigenvalue weighted by Crippen LogP contribution is 2.13. The lowest BCUT2D eigenvalue weighted by molar-refractivity contribution is 0.414. The van der Waals surface area contributed by atoms with Crippen molar-refractivity contribution in [1.29, 1.82) is 0 Å². The lowest BCUT2D eigenvalue weighted by Crippen LogP contribution is -2.04. The monoisotopic (exact) mass is 215 g/mol. The predicted molar refractivity (Wildman–Crippen MR) is 63.4 cm³/mol. The second-order valence-electron chi connectivity index (χ2n) is 3.55. The van der Waals surface area contributed by atoms with Gasteiger partial charge in [0.25, 0.3) is 0 Å². The maximum absolute atomic E-state index is 5.12. The van der Waals surface area contributed by atoms with Crippen LogP contribution in [0.1, 0.15) is 18.2 Å². The Morgan fingerprint density at radius 3 is 2.62 bits per heavy atom. The van der Waals surface area contributed by atoms with Gasteiger partial charge in [-0.1, -0.05) is 19.1 Å². The van der Waals surface area contributed by atoms with Crippen molar-refractivity contribution in [2.45, 2.75) is 13.5 Å². The van der Waals surface area contributed by atoms with Gasteiger partial charge in [-0.3, -0.25) is 4.68 Å². The first-order valence-electron chi connectivity index (χ1n) is 5.27. The summed E-state index contributed by atoms with van der Waals surface area (Å²) >= 11 is 0. The molecule has 2 rings (SSSR count). The third kappa shape index (κ3) is 2.24. The van der Waals surface area contributed by atoms with Crippen molar-refractivity contribution in [2.24, 2.45) is 0 Å². The number of hydrogen-bond donors (Lipinski definition) is 0. The van der Waals surface area contributed by atoms with Gasteiger partial charge >= 0.3 is 0 Å². The zero-order valence-electron chi connectivity index (χ0n) is 9.55. The molecule has 1 radical (unpaired) electrons. The molecule has 0 N–H and O–H groups in total. The number of hydrogen-bond acceptors (Lipinski definition) is 2. The molecule has 0 bridgehead atoms. The molecule has 0 atom stereocenters. The van der Waals surface area contributed by atoms with Gasteiger partial charge < -0.3 is 4.74 Å². The minimum absolute atomic E-state index is 0.788. The van der Waals surface area contributed by atoms with Gasteiger partial charge in [0.05, 0.1) is 13.7 Å². The van der Waals surface area contributed by atoms with Gasteiger partial charge in [0.15, 0.2) is 0 Å². The minimum Gasteiger partial charge on any atom is -0.497 e. The van der Waals surface area contributed by atoms with Gasteiger partial charge in [-0.05, 0) is 23.8 Å².